The van der Waals surface area contributed by atoms with Crippen LogP contribution in [0.1, 0.15) is 34.5 Å². The summed E-state index contributed by atoms with van der Waals surface area (Å²) in [6, 6.07) is 3.28. The molecule has 0 radical (unpaired) electrons. The van der Waals surface area contributed by atoms with E-state index in [2.05, 4.69) is 10.4 Å². The molecule has 0 fully saturated rings. The number of nitrogens with one attached hydrogen (secondary N) is 1. The van der Waals surface area contributed by atoms with Gasteiger partial charge < -0.3 is 9.73 Å². The highest BCUT2D eigenvalue weighted by atomic mass is 16.3. The Bertz CT molecular complexity index is 689. The van der Waals surface area contributed by atoms with Crippen molar-refractivity contribution in [2.45, 2.75) is 32.2 Å². The van der Waals surface area contributed by atoms with Crippen molar-refractivity contribution in [3.8, 4) is 0 Å². The van der Waals surface area contributed by atoms with E-state index >= 15 is 0 Å². The molecular formula is C15H17N3O3. The summed E-state index contributed by atoms with van der Waals surface area (Å²) in [4.78, 5) is 23.7. The summed E-state index contributed by atoms with van der Waals surface area (Å²) in [6.07, 6.45) is 6.95. The molecule has 110 valence electrons. The number of aromatic nitrogens is 2. The van der Waals surface area contributed by atoms with E-state index in [1.165, 1.54) is 17.2 Å². The first-order valence-corrected chi connectivity index (χ1v) is 7.14. The van der Waals surface area contributed by atoms with Crippen molar-refractivity contribution in [2.75, 3.05) is 6.54 Å². The van der Waals surface area contributed by atoms with Crippen molar-refractivity contribution in [3.05, 3.63) is 51.8 Å². The number of furan rings is 1. The minimum Gasteiger partial charge on any atom is -0.472 e. The Morgan fingerprint density at radius 1 is 1.38 bits per heavy atom. The van der Waals surface area contributed by atoms with Crippen molar-refractivity contribution in [1.82, 2.24) is 15.1 Å². The van der Waals surface area contributed by atoms with Gasteiger partial charge in [0.25, 0.3) is 11.5 Å². The fourth-order valence-electron chi connectivity index (χ4n) is 2.53. The van der Waals surface area contributed by atoms with E-state index in [0.29, 0.717) is 18.7 Å². The van der Waals surface area contributed by atoms with E-state index in [0.717, 1.165) is 36.9 Å². The number of hydrogen-bond acceptors (Lipinski definition) is 4. The Kier molecular flexibility index (Phi) is 3.85. The minimum absolute atomic E-state index is 0.104. The molecule has 1 N–H and O–H groups in total. The molecule has 2 heterocycles. The maximum absolute atomic E-state index is 12.0. The third kappa shape index (κ3) is 3.04. The lowest BCUT2D eigenvalue weighted by molar-refractivity contribution is 0.0951. The number of carbonyl (C=O) groups excluding carboxylic acids is 1. The second kappa shape index (κ2) is 5.95. The number of fused-ring (bicyclic) bond motifs is 1. The van der Waals surface area contributed by atoms with Crippen LogP contribution in [0.25, 0.3) is 0 Å². The zero-order valence-electron chi connectivity index (χ0n) is 11.7. The molecule has 6 nitrogen and oxygen atoms in total. The van der Waals surface area contributed by atoms with Gasteiger partial charge in [-0.2, -0.15) is 5.10 Å². The maximum atomic E-state index is 12.0. The Morgan fingerprint density at radius 2 is 2.24 bits per heavy atom. The van der Waals surface area contributed by atoms with Crippen LogP contribution in [0, 0.1) is 0 Å². The Morgan fingerprint density at radius 3 is 3.05 bits per heavy atom. The molecule has 3 rings (SSSR count). The minimum atomic E-state index is -0.213. The summed E-state index contributed by atoms with van der Waals surface area (Å²) in [7, 11) is 0. The number of aryl methyl sites for hydroxylation is 2. The molecule has 0 bridgehead atoms. The summed E-state index contributed by atoms with van der Waals surface area (Å²) in [6.45, 7) is 0.728. The highest BCUT2D eigenvalue weighted by Crippen LogP contribution is 2.16. The molecule has 2 aromatic heterocycles. The summed E-state index contributed by atoms with van der Waals surface area (Å²) in [5, 5.41) is 7.15. The van der Waals surface area contributed by atoms with Crippen LogP contribution in [-0.4, -0.2) is 22.2 Å². The van der Waals surface area contributed by atoms with Crippen LogP contribution in [0.2, 0.25) is 0 Å². The monoisotopic (exact) mass is 287 g/mol. The lowest BCUT2D eigenvalue weighted by Gasteiger charge is -2.15. The second-order valence-electron chi connectivity index (χ2n) is 5.15. The molecule has 0 spiro atoms. The summed E-state index contributed by atoms with van der Waals surface area (Å²) in [5.41, 5.74) is 2.46. The first-order chi connectivity index (χ1) is 10.2. The van der Waals surface area contributed by atoms with E-state index in [1.54, 1.807) is 12.1 Å². The van der Waals surface area contributed by atoms with Gasteiger partial charge in [0.1, 0.15) is 6.26 Å². The third-order valence-corrected chi connectivity index (χ3v) is 3.67. The summed E-state index contributed by atoms with van der Waals surface area (Å²) < 4.78 is 6.28. The number of amides is 1. The van der Waals surface area contributed by atoms with Gasteiger partial charge in [0.05, 0.1) is 24.1 Å². The molecule has 0 aliphatic heterocycles. The van der Waals surface area contributed by atoms with Crippen LogP contribution >= 0.6 is 0 Å². The number of carbonyl (C=O) groups is 1. The Balaban J connectivity index is 1.63. The largest absolute Gasteiger partial charge is 0.472 e. The first kappa shape index (κ1) is 13.6. The third-order valence-electron chi connectivity index (χ3n) is 3.67. The van der Waals surface area contributed by atoms with Crippen LogP contribution in [0.5, 0.6) is 0 Å². The average Bonchev–Trinajstić information content (AvgIpc) is 3.02. The van der Waals surface area contributed by atoms with E-state index in [-0.39, 0.29) is 11.5 Å². The lowest BCUT2D eigenvalue weighted by Crippen LogP contribution is -2.33. The van der Waals surface area contributed by atoms with Gasteiger partial charge in [-0.15, -0.1) is 0 Å². The quantitative estimate of drug-likeness (QED) is 0.915. The molecular weight excluding hydrogens is 270 g/mol. The van der Waals surface area contributed by atoms with E-state index in [4.69, 9.17) is 4.42 Å². The van der Waals surface area contributed by atoms with Crippen molar-refractivity contribution < 1.29 is 9.21 Å². The molecule has 0 unspecified atom stereocenters. The molecule has 0 atom stereocenters. The molecule has 0 aromatic carbocycles. The zero-order valence-corrected chi connectivity index (χ0v) is 11.7. The molecule has 21 heavy (non-hydrogen) atoms. The number of hydrogen-bond donors (Lipinski definition) is 1. The number of rotatable bonds is 4. The molecule has 1 aliphatic rings. The van der Waals surface area contributed by atoms with Gasteiger partial charge in [0, 0.05) is 12.6 Å². The fraction of sp³-hybridized carbons (Fsp3) is 0.400. The van der Waals surface area contributed by atoms with Crippen molar-refractivity contribution in [3.63, 3.8) is 0 Å². The van der Waals surface area contributed by atoms with Gasteiger partial charge in [-0.25, -0.2) is 4.68 Å². The van der Waals surface area contributed by atoms with Crippen LogP contribution in [0.15, 0.2) is 33.9 Å². The SMILES string of the molecule is O=C(NCCn1nc2c(cc1=O)CCCC2)c1ccoc1. The van der Waals surface area contributed by atoms with Gasteiger partial charge >= 0.3 is 0 Å². The van der Waals surface area contributed by atoms with Crippen LogP contribution in [0.3, 0.4) is 0 Å². The first-order valence-electron chi connectivity index (χ1n) is 7.14. The maximum Gasteiger partial charge on any atom is 0.267 e. The van der Waals surface area contributed by atoms with Crippen LogP contribution in [0.4, 0.5) is 0 Å². The molecule has 0 saturated heterocycles. The zero-order chi connectivity index (χ0) is 14.7. The predicted octanol–water partition coefficient (Wildman–Crippen LogP) is 1.15. The van der Waals surface area contributed by atoms with Gasteiger partial charge in [0.2, 0.25) is 0 Å². The highest BCUT2D eigenvalue weighted by molar-refractivity contribution is 5.93. The predicted molar refractivity (Wildman–Crippen MR) is 76.2 cm³/mol. The molecule has 6 heteroatoms. The lowest BCUT2D eigenvalue weighted by atomic mass is 9.97. The van der Waals surface area contributed by atoms with Gasteiger partial charge in [-0.05, 0) is 37.3 Å². The Labute approximate surface area is 121 Å². The van der Waals surface area contributed by atoms with E-state index < -0.39 is 0 Å². The van der Waals surface area contributed by atoms with E-state index in [9.17, 15) is 9.59 Å². The molecule has 0 saturated carbocycles. The average molecular weight is 287 g/mol. The standard InChI is InChI=1S/C15H17N3O3/c19-14-9-11-3-1-2-4-13(11)17-18(14)7-6-16-15(20)12-5-8-21-10-12/h5,8-10H,1-4,6-7H2,(H,16,20). The van der Waals surface area contributed by atoms with Gasteiger partial charge in [-0.3, -0.25) is 9.59 Å². The van der Waals surface area contributed by atoms with E-state index in [1.807, 2.05) is 0 Å². The van der Waals surface area contributed by atoms with Gasteiger partial charge in [-0.1, -0.05) is 0 Å². The Hall–Kier alpha value is -2.37. The molecule has 2 aromatic rings. The smallest absolute Gasteiger partial charge is 0.267 e. The van der Waals surface area contributed by atoms with Crippen LogP contribution in [-0.2, 0) is 19.4 Å². The number of nitrogens with zero attached hydrogens (tertiary/aromatic N) is 2. The van der Waals surface area contributed by atoms with Crippen LogP contribution < -0.4 is 10.9 Å². The van der Waals surface area contributed by atoms with Crippen molar-refractivity contribution >= 4 is 5.91 Å². The van der Waals surface area contributed by atoms with Crippen molar-refractivity contribution in [2.24, 2.45) is 0 Å². The van der Waals surface area contributed by atoms with Crippen molar-refractivity contribution in [1.29, 1.82) is 0 Å². The normalized spacial score (nSPS) is 13.7. The van der Waals surface area contributed by atoms with Gasteiger partial charge in [0.15, 0.2) is 0 Å². The molecule has 1 aliphatic carbocycles. The molecule has 1 amide bonds. The fourth-order valence-corrected chi connectivity index (χ4v) is 2.53. The topological polar surface area (TPSA) is 77.1 Å². The summed E-state index contributed by atoms with van der Waals surface area (Å²) in [5.74, 6) is -0.213. The summed E-state index contributed by atoms with van der Waals surface area (Å²) >= 11 is 0. The second-order valence-corrected chi connectivity index (χ2v) is 5.15. The highest BCUT2D eigenvalue weighted by Gasteiger charge is 2.13.